The molecule has 1 amide bonds. The van der Waals surface area contributed by atoms with Gasteiger partial charge < -0.3 is 10.2 Å². The molecule has 2 heterocycles. The van der Waals surface area contributed by atoms with Gasteiger partial charge in [0, 0.05) is 30.7 Å². The van der Waals surface area contributed by atoms with E-state index in [0.717, 1.165) is 24.5 Å². The summed E-state index contributed by atoms with van der Waals surface area (Å²) in [6, 6.07) is 7.47. The Morgan fingerprint density at radius 1 is 1.43 bits per heavy atom. The summed E-state index contributed by atoms with van der Waals surface area (Å²) in [5, 5.41) is 12.1. The van der Waals surface area contributed by atoms with E-state index >= 15 is 0 Å². The molecule has 1 fully saturated rings. The lowest BCUT2D eigenvalue weighted by Crippen LogP contribution is -2.52. The molecule has 1 aromatic carbocycles. The Labute approximate surface area is 146 Å². The fraction of sp³-hybridized carbons (Fsp3) is 0.400. The molecule has 23 heavy (non-hydrogen) atoms. The first-order valence-electron chi connectivity index (χ1n) is 7.28. The number of nitrogens with one attached hydrogen (secondary N) is 1. The first-order valence-corrected chi connectivity index (χ1v) is 7.65. The number of nitrogens with zero attached hydrogens (tertiary/aromatic N) is 4. The molecule has 1 N–H and O–H groups in total. The summed E-state index contributed by atoms with van der Waals surface area (Å²) in [5.41, 5.74) is 1.91. The molecule has 0 aliphatic carbocycles. The molecule has 0 radical (unpaired) electrons. The lowest BCUT2D eigenvalue weighted by Gasteiger charge is -2.33. The van der Waals surface area contributed by atoms with Crippen molar-refractivity contribution in [2.45, 2.75) is 19.9 Å². The molecule has 8 heteroatoms. The quantitative estimate of drug-likeness (QED) is 0.895. The van der Waals surface area contributed by atoms with Crippen molar-refractivity contribution in [2.75, 3.05) is 19.6 Å². The Hall–Kier alpha value is -1.63. The van der Waals surface area contributed by atoms with Gasteiger partial charge in [-0.2, -0.15) is 0 Å². The number of amides is 1. The van der Waals surface area contributed by atoms with E-state index in [-0.39, 0.29) is 24.4 Å². The Kier molecular flexibility index (Phi) is 5.62. The smallest absolute Gasteiger partial charge is 0.276 e. The maximum Gasteiger partial charge on any atom is 0.276 e. The lowest BCUT2D eigenvalue weighted by atomic mass is 10.2. The number of halogens is 2. The molecule has 124 valence electrons. The summed E-state index contributed by atoms with van der Waals surface area (Å²) in [6.07, 6.45) is 0. The average Bonchev–Trinajstić information content (AvgIpc) is 2.89. The van der Waals surface area contributed by atoms with Gasteiger partial charge in [-0.15, -0.1) is 17.5 Å². The second-order valence-corrected chi connectivity index (χ2v) is 5.90. The molecule has 6 nitrogen and oxygen atoms in total. The van der Waals surface area contributed by atoms with Gasteiger partial charge in [0.1, 0.15) is 0 Å². The summed E-state index contributed by atoms with van der Waals surface area (Å²) >= 11 is 6.01. The molecule has 1 atom stereocenters. The molecular weight excluding hydrogens is 337 g/mol. The minimum Gasteiger partial charge on any atom is -0.332 e. The van der Waals surface area contributed by atoms with E-state index in [1.807, 2.05) is 30.9 Å². The van der Waals surface area contributed by atoms with Gasteiger partial charge in [0.05, 0.1) is 11.4 Å². The minimum atomic E-state index is -0.0696. The fourth-order valence-corrected chi connectivity index (χ4v) is 2.84. The molecule has 1 aliphatic rings. The summed E-state index contributed by atoms with van der Waals surface area (Å²) in [4.78, 5) is 14.5. The monoisotopic (exact) mass is 355 g/mol. The minimum absolute atomic E-state index is 0. The first-order chi connectivity index (χ1) is 10.6. The third-order valence-electron chi connectivity index (χ3n) is 3.91. The van der Waals surface area contributed by atoms with Crippen LogP contribution in [0.1, 0.15) is 23.1 Å². The van der Waals surface area contributed by atoms with Gasteiger partial charge in [-0.25, -0.2) is 4.68 Å². The van der Waals surface area contributed by atoms with Crippen molar-refractivity contribution in [1.29, 1.82) is 0 Å². The molecule has 0 spiro atoms. The Morgan fingerprint density at radius 3 is 2.91 bits per heavy atom. The Bertz CT molecular complexity index is 703. The van der Waals surface area contributed by atoms with Crippen molar-refractivity contribution in [3.8, 4) is 5.69 Å². The summed E-state index contributed by atoms with van der Waals surface area (Å²) in [6.45, 7) is 6.16. The number of piperazine rings is 1. The second-order valence-electron chi connectivity index (χ2n) is 5.47. The van der Waals surface area contributed by atoms with Crippen molar-refractivity contribution in [2.24, 2.45) is 0 Å². The highest BCUT2D eigenvalue weighted by atomic mass is 35.5. The zero-order valence-corrected chi connectivity index (χ0v) is 14.6. The van der Waals surface area contributed by atoms with Crippen LogP contribution >= 0.6 is 24.0 Å². The summed E-state index contributed by atoms with van der Waals surface area (Å²) in [7, 11) is 0. The van der Waals surface area contributed by atoms with Crippen molar-refractivity contribution < 1.29 is 4.79 Å². The van der Waals surface area contributed by atoms with Gasteiger partial charge in [0.2, 0.25) is 0 Å². The van der Waals surface area contributed by atoms with Crippen molar-refractivity contribution in [1.82, 2.24) is 25.2 Å². The van der Waals surface area contributed by atoms with Gasteiger partial charge in [-0.05, 0) is 32.0 Å². The molecule has 0 bridgehead atoms. The van der Waals surface area contributed by atoms with Crippen LogP contribution in [-0.2, 0) is 0 Å². The van der Waals surface area contributed by atoms with Gasteiger partial charge >= 0.3 is 0 Å². The highest BCUT2D eigenvalue weighted by molar-refractivity contribution is 6.30. The number of aromatic nitrogens is 3. The molecular formula is C15H19Cl2N5O. The normalized spacial score (nSPS) is 17.7. The third-order valence-corrected chi connectivity index (χ3v) is 4.15. The van der Waals surface area contributed by atoms with Gasteiger partial charge in [-0.3, -0.25) is 4.79 Å². The van der Waals surface area contributed by atoms with Crippen LogP contribution in [0, 0.1) is 6.92 Å². The second kappa shape index (κ2) is 7.29. The molecule has 1 saturated heterocycles. The number of hydrogen-bond donors (Lipinski definition) is 1. The topological polar surface area (TPSA) is 63.1 Å². The number of carbonyl (C=O) groups is 1. The molecule has 1 aliphatic heterocycles. The molecule has 3 rings (SSSR count). The van der Waals surface area contributed by atoms with Crippen LogP contribution in [0.4, 0.5) is 0 Å². The van der Waals surface area contributed by atoms with E-state index in [1.54, 1.807) is 16.8 Å². The van der Waals surface area contributed by atoms with Crippen molar-refractivity contribution in [3.05, 3.63) is 40.7 Å². The van der Waals surface area contributed by atoms with E-state index in [9.17, 15) is 4.79 Å². The highest BCUT2D eigenvalue weighted by Gasteiger charge is 2.28. The largest absolute Gasteiger partial charge is 0.332 e. The van der Waals surface area contributed by atoms with E-state index in [2.05, 4.69) is 15.6 Å². The van der Waals surface area contributed by atoms with Gasteiger partial charge in [0.25, 0.3) is 5.91 Å². The van der Waals surface area contributed by atoms with E-state index in [4.69, 9.17) is 11.6 Å². The van der Waals surface area contributed by atoms with Crippen LogP contribution < -0.4 is 5.32 Å². The molecule has 0 saturated carbocycles. The molecule has 0 unspecified atom stereocenters. The maximum absolute atomic E-state index is 12.7. The maximum atomic E-state index is 12.7. The van der Waals surface area contributed by atoms with Crippen LogP contribution in [0.5, 0.6) is 0 Å². The van der Waals surface area contributed by atoms with Gasteiger partial charge in [0.15, 0.2) is 5.69 Å². The first kappa shape index (κ1) is 17.7. The van der Waals surface area contributed by atoms with Crippen LogP contribution in [0.25, 0.3) is 5.69 Å². The zero-order valence-electron chi connectivity index (χ0n) is 13.0. The average molecular weight is 356 g/mol. The van der Waals surface area contributed by atoms with Gasteiger partial charge in [-0.1, -0.05) is 22.9 Å². The SMILES string of the molecule is Cc1c(C(=O)N2CCNC[C@H]2C)nnn1-c1cccc(Cl)c1.Cl. The predicted octanol–water partition coefficient (Wildman–Crippen LogP) is 2.08. The van der Waals surface area contributed by atoms with Crippen molar-refractivity contribution in [3.63, 3.8) is 0 Å². The van der Waals surface area contributed by atoms with Crippen LogP contribution in [-0.4, -0.2) is 51.5 Å². The third kappa shape index (κ3) is 3.49. The number of carbonyl (C=O) groups excluding carboxylic acids is 1. The van der Waals surface area contributed by atoms with E-state index < -0.39 is 0 Å². The number of benzene rings is 1. The standard InChI is InChI=1S/C15H18ClN5O.ClH/c1-10-9-17-6-7-20(10)15(22)14-11(2)21(19-18-14)13-5-3-4-12(16)8-13;/h3-5,8,10,17H,6-7,9H2,1-2H3;1H/t10-;/m1./s1. The van der Waals surface area contributed by atoms with Crippen molar-refractivity contribution >= 4 is 29.9 Å². The van der Waals surface area contributed by atoms with Crippen LogP contribution in [0.15, 0.2) is 24.3 Å². The van der Waals surface area contributed by atoms with Crippen LogP contribution in [0.2, 0.25) is 5.02 Å². The Morgan fingerprint density at radius 2 is 2.22 bits per heavy atom. The summed E-state index contributed by atoms with van der Waals surface area (Å²) in [5.74, 6) is -0.0696. The number of hydrogen-bond acceptors (Lipinski definition) is 4. The van der Waals surface area contributed by atoms with E-state index in [1.165, 1.54) is 0 Å². The fourth-order valence-electron chi connectivity index (χ4n) is 2.66. The Balaban J connectivity index is 0.00000192. The molecule has 2 aromatic rings. The zero-order chi connectivity index (χ0) is 15.7. The highest BCUT2D eigenvalue weighted by Crippen LogP contribution is 2.18. The summed E-state index contributed by atoms with van der Waals surface area (Å²) < 4.78 is 1.64. The lowest BCUT2D eigenvalue weighted by molar-refractivity contribution is 0.0649. The van der Waals surface area contributed by atoms with E-state index in [0.29, 0.717) is 17.3 Å². The van der Waals surface area contributed by atoms with Crippen LogP contribution in [0.3, 0.4) is 0 Å². The number of rotatable bonds is 2. The molecule has 1 aromatic heterocycles. The predicted molar refractivity (Wildman–Crippen MR) is 91.7 cm³/mol.